The van der Waals surface area contributed by atoms with E-state index in [1.54, 1.807) is 0 Å². The van der Waals surface area contributed by atoms with Crippen LogP contribution in [0.1, 0.15) is 30.4 Å². The van der Waals surface area contributed by atoms with Crippen LogP contribution < -0.4 is 5.73 Å². The summed E-state index contributed by atoms with van der Waals surface area (Å²) < 4.78 is 0. The molecule has 4 nitrogen and oxygen atoms in total. The predicted octanol–water partition coefficient (Wildman–Crippen LogP) is 1.52. The standard InChI is InChI=1S/C15H23N3O/c16-15(18-10-2-1-3-11-18)17-9-8-13-4-6-14(12-19)7-5-13/h4-7,19H,1-3,8-12H2,(H2,16,17). The number of aliphatic imine (C=N–C) groups is 1. The smallest absolute Gasteiger partial charge is 0.191 e. The van der Waals surface area contributed by atoms with E-state index in [4.69, 9.17) is 10.8 Å². The highest BCUT2D eigenvalue weighted by atomic mass is 16.3. The van der Waals surface area contributed by atoms with Crippen LogP contribution in [0.3, 0.4) is 0 Å². The zero-order valence-electron chi connectivity index (χ0n) is 11.4. The Morgan fingerprint density at radius 2 is 1.74 bits per heavy atom. The summed E-state index contributed by atoms with van der Waals surface area (Å²) in [6.45, 7) is 2.90. The molecule has 104 valence electrons. The first-order chi connectivity index (χ1) is 9.29. The lowest BCUT2D eigenvalue weighted by Gasteiger charge is -2.27. The molecular formula is C15H23N3O. The average Bonchev–Trinajstić information content (AvgIpc) is 2.49. The Morgan fingerprint density at radius 3 is 2.37 bits per heavy atom. The second kappa shape index (κ2) is 7.14. The van der Waals surface area contributed by atoms with Crippen molar-refractivity contribution in [2.75, 3.05) is 19.6 Å². The molecular weight excluding hydrogens is 238 g/mol. The molecule has 0 atom stereocenters. The molecule has 1 heterocycles. The summed E-state index contributed by atoms with van der Waals surface area (Å²) in [5.74, 6) is 0.687. The van der Waals surface area contributed by atoms with Crippen molar-refractivity contribution in [2.45, 2.75) is 32.3 Å². The second-order valence-corrected chi connectivity index (χ2v) is 5.01. The average molecular weight is 261 g/mol. The zero-order chi connectivity index (χ0) is 13.5. The molecule has 0 saturated carbocycles. The van der Waals surface area contributed by atoms with Gasteiger partial charge in [0.25, 0.3) is 0 Å². The summed E-state index contributed by atoms with van der Waals surface area (Å²) in [4.78, 5) is 6.64. The molecule has 3 N–H and O–H groups in total. The van der Waals surface area contributed by atoms with Gasteiger partial charge in [-0.2, -0.15) is 0 Å². The molecule has 4 heteroatoms. The van der Waals surface area contributed by atoms with Gasteiger partial charge in [0.15, 0.2) is 5.96 Å². The second-order valence-electron chi connectivity index (χ2n) is 5.01. The van der Waals surface area contributed by atoms with Gasteiger partial charge < -0.3 is 15.7 Å². The Labute approximate surface area is 114 Å². The van der Waals surface area contributed by atoms with Gasteiger partial charge in [-0.1, -0.05) is 24.3 Å². The maximum absolute atomic E-state index is 8.98. The molecule has 1 aromatic rings. The molecule has 1 saturated heterocycles. The Hall–Kier alpha value is -1.55. The number of aliphatic hydroxyl groups is 1. The number of rotatable bonds is 4. The normalized spacial score (nSPS) is 16.7. The Balaban J connectivity index is 1.80. The van der Waals surface area contributed by atoms with Crippen LogP contribution in [0.25, 0.3) is 0 Å². The number of nitrogens with zero attached hydrogens (tertiary/aromatic N) is 2. The first kappa shape index (κ1) is 13.9. The van der Waals surface area contributed by atoms with Gasteiger partial charge in [0, 0.05) is 19.6 Å². The Morgan fingerprint density at radius 1 is 1.11 bits per heavy atom. The van der Waals surface area contributed by atoms with Crippen LogP contribution in [0, 0.1) is 0 Å². The molecule has 1 aliphatic heterocycles. The van der Waals surface area contributed by atoms with Gasteiger partial charge in [0.2, 0.25) is 0 Å². The summed E-state index contributed by atoms with van der Waals surface area (Å²) in [6.07, 6.45) is 4.64. The highest BCUT2D eigenvalue weighted by Gasteiger charge is 2.11. The summed E-state index contributed by atoms with van der Waals surface area (Å²) >= 11 is 0. The summed E-state index contributed by atoms with van der Waals surface area (Å²) in [5.41, 5.74) is 8.17. The number of hydrogen-bond donors (Lipinski definition) is 2. The number of nitrogens with two attached hydrogens (primary N) is 1. The van der Waals surface area contributed by atoms with Crippen LogP contribution in [0.4, 0.5) is 0 Å². The lowest BCUT2D eigenvalue weighted by molar-refractivity contribution is 0.282. The van der Waals surface area contributed by atoms with Crippen molar-refractivity contribution in [3.8, 4) is 0 Å². The summed E-state index contributed by atoms with van der Waals surface area (Å²) in [7, 11) is 0. The van der Waals surface area contributed by atoms with Gasteiger partial charge in [-0.15, -0.1) is 0 Å². The molecule has 1 aliphatic rings. The number of benzene rings is 1. The topological polar surface area (TPSA) is 61.9 Å². The molecule has 0 radical (unpaired) electrons. The van der Waals surface area contributed by atoms with Crippen LogP contribution >= 0.6 is 0 Å². The van der Waals surface area contributed by atoms with E-state index in [2.05, 4.69) is 9.89 Å². The number of hydrogen-bond acceptors (Lipinski definition) is 2. The third-order valence-corrected chi connectivity index (χ3v) is 3.56. The van der Waals surface area contributed by atoms with Gasteiger partial charge in [-0.3, -0.25) is 4.99 Å². The third kappa shape index (κ3) is 4.24. The predicted molar refractivity (Wildman–Crippen MR) is 78.0 cm³/mol. The SMILES string of the molecule is NC(=NCCc1ccc(CO)cc1)N1CCCCC1. The molecule has 0 spiro atoms. The minimum Gasteiger partial charge on any atom is -0.392 e. The zero-order valence-corrected chi connectivity index (χ0v) is 11.4. The monoisotopic (exact) mass is 261 g/mol. The van der Waals surface area contributed by atoms with Crippen molar-refractivity contribution in [3.05, 3.63) is 35.4 Å². The summed E-state index contributed by atoms with van der Waals surface area (Å²) in [5, 5.41) is 8.98. The van der Waals surface area contributed by atoms with E-state index < -0.39 is 0 Å². The number of aliphatic hydroxyl groups excluding tert-OH is 1. The molecule has 0 amide bonds. The fraction of sp³-hybridized carbons (Fsp3) is 0.533. The van der Waals surface area contributed by atoms with Gasteiger partial charge in [0.1, 0.15) is 0 Å². The molecule has 0 unspecified atom stereocenters. The van der Waals surface area contributed by atoms with Crippen LogP contribution in [0.15, 0.2) is 29.3 Å². The highest BCUT2D eigenvalue weighted by molar-refractivity contribution is 5.78. The maximum Gasteiger partial charge on any atom is 0.191 e. The molecule has 1 aromatic carbocycles. The number of guanidine groups is 1. The number of likely N-dealkylation sites (tertiary alicyclic amines) is 1. The first-order valence-electron chi connectivity index (χ1n) is 7.03. The Bertz CT molecular complexity index is 408. The minimum atomic E-state index is 0.0976. The van der Waals surface area contributed by atoms with Crippen LogP contribution in [0.2, 0.25) is 0 Å². The van der Waals surface area contributed by atoms with Crippen LogP contribution in [-0.4, -0.2) is 35.6 Å². The molecule has 2 rings (SSSR count). The van der Waals surface area contributed by atoms with E-state index in [1.807, 2.05) is 24.3 Å². The molecule has 0 aromatic heterocycles. The quantitative estimate of drug-likeness (QED) is 0.638. The van der Waals surface area contributed by atoms with Crippen molar-refractivity contribution >= 4 is 5.96 Å². The van der Waals surface area contributed by atoms with Gasteiger partial charge in [-0.05, 0) is 36.8 Å². The maximum atomic E-state index is 8.98. The van der Waals surface area contributed by atoms with Crippen molar-refractivity contribution in [1.82, 2.24) is 4.90 Å². The molecule has 19 heavy (non-hydrogen) atoms. The van der Waals surface area contributed by atoms with Gasteiger partial charge >= 0.3 is 0 Å². The van der Waals surface area contributed by atoms with E-state index >= 15 is 0 Å². The number of piperidine rings is 1. The van der Waals surface area contributed by atoms with Crippen LogP contribution in [0.5, 0.6) is 0 Å². The van der Waals surface area contributed by atoms with Crippen molar-refractivity contribution < 1.29 is 5.11 Å². The van der Waals surface area contributed by atoms with Gasteiger partial charge in [0.05, 0.1) is 6.61 Å². The van der Waals surface area contributed by atoms with Crippen molar-refractivity contribution in [1.29, 1.82) is 0 Å². The first-order valence-corrected chi connectivity index (χ1v) is 7.03. The lowest BCUT2D eigenvalue weighted by Crippen LogP contribution is -2.41. The third-order valence-electron chi connectivity index (χ3n) is 3.56. The van der Waals surface area contributed by atoms with E-state index in [0.29, 0.717) is 5.96 Å². The van der Waals surface area contributed by atoms with Gasteiger partial charge in [-0.25, -0.2) is 0 Å². The van der Waals surface area contributed by atoms with E-state index in [9.17, 15) is 0 Å². The molecule has 1 fully saturated rings. The molecule has 0 bridgehead atoms. The fourth-order valence-electron chi connectivity index (χ4n) is 2.33. The van der Waals surface area contributed by atoms with Crippen molar-refractivity contribution in [2.24, 2.45) is 10.7 Å². The Kier molecular flexibility index (Phi) is 5.21. The highest BCUT2D eigenvalue weighted by Crippen LogP contribution is 2.08. The molecule has 0 aliphatic carbocycles. The summed E-state index contributed by atoms with van der Waals surface area (Å²) in [6, 6.07) is 7.98. The van der Waals surface area contributed by atoms with E-state index in [0.717, 1.165) is 31.6 Å². The van der Waals surface area contributed by atoms with Crippen LogP contribution in [-0.2, 0) is 13.0 Å². The largest absolute Gasteiger partial charge is 0.392 e. The van der Waals surface area contributed by atoms with E-state index in [1.165, 1.54) is 24.8 Å². The van der Waals surface area contributed by atoms with Crippen molar-refractivity contribution in [3.63, 3.8) is 0 Å². The lowest BCUT2D eigenvalue weighted by atomic mass is 10.1. The fourth-order valence-corrected chi connectivity index (χ4v) is 2.33. The minimum absolute atomic E-state index is 0.0976. The van der Waals surface area contributed by atoms with E-state index in [-0.39, 0.29) is 6.61 Å².